The summed E-state index contributed by atoms with van der Waals surface area (Å²) >= 11 is 5.84. The molecule has 2 aromatic heterocycles. The maximum Gasteiger partial charge on any atom is 0.256 e. The van der Waals surface area contributed by atoms with Crippen LogP contribution in [0, 0.1) is 12.7 Å². The third-order valence-electron chi connectivity index (χ3n) is 5.83. The van der Waals surface area contributed by atoms with Crippen LogP contribution in [0.4, 0.5) is 10.1 Å². The van der Waals surface area contributed by atoms with E-state index in [0.29, 0.717) is 34.4 Å². The van der Waals surface area contributed by atoms with Crippen molar-refractivity contribution < 1.29 is 17.6 Å². The van der Waals surface area contributed by atoms with Crippen molar-refractivity contribution in [1.29, 1.82) is 0 Å². The number of aromatic nitrogens is 3. The van der Waals surface area contributed by atoms with Crippen LogP contribution >= 0.6 is 11.6 Å². The number of fused-ring (bicyclic) bond motifs is 1. The van der Waals surface area contributed by atoms with Crippen molar-refractivity contribution in [3.63, 3.8) is 0 Å². The van der Waals surface area contributed by atoms with Crippen molar-refractivity contribution >= 4 is 44.1 Å². The first kappa shape index (κ1) is 20.4. The lowest BCUT2D eigenvalue weighted by atomic mass is 10.1. The number of hydrogen-bond acceptors (Lipinski definition) is 5. The highest BCUT2D eigenvalue weighted by Crippen LogP contribution is 2.41. The number of carbonyl (C=O) groups excluding carboxylic acids is 1. The van der Waals surface area contributed by atoms with Crippen LogP contribution < -0.4 is 5.32 Å². The van der Waals surface area contributed by atoms with Gasteiger partial charge in [0.2, 0.25) is 0 Å². The molecule has 0 unspecified atom stereocenters. The lowest BCUT2D eigenvalue weighted by molar-refractivity contribution is 0.102. The number of halogens is 2. The first-order chi connectivity index (χ1) is 14.7. The number of anilines is 1. The van der Waals surface area contributed by atoms with Gasteiger partial charge in [0.05, 0.1) is 39.2 Å². The van der Waals surface area contributed by atoms with E-state index in [4.69, 9.17) is 16.6 Å². The van der Waals surface area contributed by atoms with Crippen LogP contribution in [0.3, 0.4) is 0 Å². The number of carbonyl (C=O) groups is 1. The fourth-order valence-corrected chi connectivity index (χ4v) is 5.97. The van der Waals surface area contributed by atoms with Crippen molar-refractivity contribution in [2.75, 3.05) is 16.8 Å². The first-order valence-corrected chi connectivity index (χ1v) is 12.3. The Morgan fingerprint density at radius 3 is 2.68 bits per heavy atom. The van der Waals surface area contributed by atoms with E-state index >= 15 is 0 Å². The predicted octanol–water partition coefficient (Wildman–Crippen LogP) is 4.02. The molecule has 1 atom stereocenters. The zero-order valence-electron chi connectivity index (χ0n) is 16.7. The van der Waals surface area contributed by atoms with Crippen molar-refractivity contribution in [1.82, 2.24) is 14.8 Å². The van der Waals surface area contributed by atoms with E-state index in [1.165, 1.54) is 18.2 Å². The van der Waals surface area contributed by atoms with E-state index < -0.39 is 15.7 Å². The summed E-state index contributed by atoms with van der Waals surface area (Å²) in [6.07, 6.45) is 2.47. The Hall–Kier alpha value is -2.52. The largest absolute Gasteiger partial charge is 0.322 e. The lowest BCUT2D eigenvalue weighted by Gasteiger charge is -2.12. The van der Waals surface area contributed by atoms with E-state index in [1.54, 1.807) is 17.7 Å². The number of amides is 1. The molecule has 1 saturated heterocycles. The van der Waals surface area contributed by atoms with Gasteiger partial charge in [0.1, 0.15) is 5.82 Å². The molecule has 3 aromatic rings. The molecule has 1 amide bonds. The fraction of sp³-hybridized carbons (Fsp3) is 0.381. The molecular weight excluding hydrogens is 443 g/mol. The highest BCUT2D eigenvalue weighted by Gasteiger charge is 2.34. The van der Waals surface area contributed by atoms with Crippen LogP contribution in [-0.2, 0) is 9.84 Å². The van der Waals surface area contributed by atoms with Gasteiger partial charge in [-0.15, -0.1) is 0 Å². The van der Waals surface area contributed by atoms with Gasteiger partial charge in [0.15, 0.2) is 15.5 Å². The Labute approximate surface area is 183 Å². The zero-order valence-corrected chi connectivity index (χ0v) is 18.3. The molecule has 0 radical (unpaired) electrons. The molecule has 7 nitrogen and oxygen atoms in total. The zero-order chi connectivity index (χ0) is 21.9. The number of nitrogens with one attached hydrogen (secondary N) is 1. The standard InChI is InChI=1S/C21H20ClFN4O3S/c1-11-19-15(21(28)24-13-4-5-17(23)16(22)8-13)9-18(12-2-3-12)25-20(19)27(26-11)14-6-7-31(29,30)10-14/h4-5,8-9,12,14H,2-3,6-7,10H2,1H3,(H,24,28)/t14-/m0/s1. The minimum absolute atomic E-state index is 0.0220. The Morgan fingerprint density at radius 1 is 1.26 bits per heavy atom. The second-order valence-electron chi connectivity index (χ2n) is 8.24. The Balaban J connectivity index is 1.60. The van der Waals surface area contributed by atoms with Gasteiger partial charge >= 0.3 is 0 Å². The molecule has 1 aliphatic heterocycles. The first-order valence-electron chi connectivity index (χ1n) is 10.1. The summed E-state index contributed by atoms with van der Waals surface area (Å²) in [5.74, 6) is -0.510. The summed E-state index contributed by atoms with van der Waals surface area (Å²) in [4.78, 5) is 18.0. The molecule has 5 rings (SSSR count). The highest BCUT2D eigenvalue weighted by atomic mass is 35.5. The summed E-state index contributed by atoms with van der Waals surface area (Å²) < 4.78 is 39.2. The lowest BCUT2D eigenvalue weighted by Crippen LogP contribution is -2.15. The predicted molar refractivity (Wildman–Crippen MR) is 116 cm³/mol. The maximum absolute atomic E-state index is 13.5. The fourth-order valence-electron chi connectivity index (χ4n) is 4.09. The molecule has 1 saturated carbocycles. The van der Waals surface area contributed by atoms with Crippen molar-refractivity contribution in [2.24, 2.45) is 0 Å². The van der Waals surface area contributed by atoms with Gasteiger partial charge in [0, 0.05) is 17.3 Å². The molecule has 1 aliphatic carbocycles. The van der Waals surface area contributed by atoms with Gasteiger partial charge < -0.3 is 5.32 Å². The van der Waals surface area contributed by atoms with Crippen LogP contribution in [-0.4, -0.2) is 40.6 Å². The second-order valence-corrected chi connectivity index (χ2v) is 10.9. The topological polar surface area (TPSA) is 93.9 Å². The Morgan fingerprint density at radius 2 is 2.03 bits per heavy atom. The smallest absolute Gasteiger partial charge is 0.256 e. The van der Waals surface area contributed by atoms with E-state index in [-0.39, 0.29) is 34.4 Å². The SMILES string of the molecule is Cc1nn([C@H]2CCS(=O)(=O)C2)c2nc(C3CC3)cc(C(=O)Nc3ccc(F)c(Cl)c3)c12. The Bertz CT molecular complexity index is 1330. The van der Waals surface area contributed by atoms with Gasteiger partial charge in [-0.3, -0.25) is 4.79 Å². The minimum Gasteiger partial charge on any atom is -0.322 e. The Kier molecular flexibility index (Phi) is 4.78. The third kappa shape index (κ3) is 3.80. The van der Waals surface area contributed by atoms with Crippen LogP contribution in [0.15, 0.2) is 24.3 Å². The van der Waals surface area contributed by atoms with Crippen LogP contribution in [0.25, 0.3) is 11.0 Å². The highest BCUT2D eigenvalue weighted by molar-refractivity contribution is 7.91. The second kappa shape index (κ2) is 7.27. The molecule has 3 heterocycles. The molecule has 2 fully saturated rings. The molecule has 2 aliphatic rings. The number of pyridine rings is 1. The summed E-state index contributed by atoms with van der Waals surface area (Å²) in [6, 6.07) is 5.48. The molecule has 31 heavy (non-hydrogen) atoms. The average Bonchev–Trinajstić information content (AvgIpc) is 3.43. The van der Waals surface area contributed by atoms with Crippen molar-refractivity contribution in [3.8, 4) is 0 Å². The van der Waals surface area contributed by atoms with Crippen LogP contribution in [0.2, 0.25) is 5.02 Å². The summed E-state index contributed by atoms with van der Waals surface area (Å²) in [5, 5.41) is 7.86. The van der Waals surface area contributed by atoms with E-state index in [1.807, 2.05) is 0 Å². The number of benzene rings is 1. The number of rotatable bonds is 4. The number of hydrogen-bond donors (Lipinski definition) is 1. The number of nitrogens with zero attached hydrogens (tertiary/aromatic N) is 3. The molecule has 0 spiro atoms. The maximum atomic E-state index is 13.5. The van der Waals surface area contributed by atoms with Gasteiger partial charge in [-0.2, -0.15) is 5.10 Å². The summed E-state index contributed by atoms with van der Waals surface area (Å²) in [7, 11) is -3.10. The summed E-state index contributed by atoms with van der Waals surface area (Å²) in [6.45, 7) is 1.78. The molecule has 1 N–H and O–H groups in total. The molecule has 1 aromatic carbocycles. The van der Waals surface area contributed by atoms with E-state index in [9.17, 15) is 17.6 Å². The quantitative estimate of drug-likeness (QED) is 0.632. The third-order valence-corrected chi connectivity index (χ3v) is 7.87. The van der Waals surface area contributed by atoms with Crippen LogP contribution in [0.1, 0.15) is 53.0 Å². The molecule has 0 bridgehead atoms. The van der Waals surface area contributed by atoms with Gasteiger partial charge in [-0.05, 0) is 50.5 Å². The summed E-state index contributed by atoms with van der Waals surface area (Å²) in [5.41, 5.74) is 2.73. The van der Waals surface area contributed by atoms with Gasteiger partial charge in [-0.1, -0.05) is 11.6 Å². The normalized spacial score (nSPS) is 20.3. The van der Waals surface area contributed by atoms with Gasteiger partial charge in [-0.25, -0.2) is 22.5 Å². The van der Waals surface area contributed by atoms with Gasteiger partial charge in [0.25, 0.3) is 5.91 Å². The van der Waals surface area contributed by atoms with Crippen molar-refractivity contribution in [2.45, 2.75) is 38.1 Å². The molecule has 162 valence electrons. The average molecular weight is 463 g/mol. The van der Waals surface area contributed by atoms with E-state index in [0.717, 1.165) is 18.5 Å². The molecular formula is C21H20ClFN4O3S. The number of aryl methyl sites for hydroxylation is 1. The monoisotopic (exact) mass is 462 g/mol. The van der Waals surface area contributed by atoms with E-state index in [2.05, 4.69) is 10.4 Å². The molecule has 10 heteroatoms. The minimum atomic E-state index is -3.10. The van der Waals surface area contributed by atoms with Crippen LogP contribution in [0.5, 0.6) is 0 Å². The van der Waals surface area contributed by atoms with Crippen molar-refractivity contribution in [3.05, 3.63) is 52.1 Å². The number of sulfone groups is 1.